The fraction of sp³-hybridized carbons (Fsp3) is 0.300. The number of halogens is 1. The Morgan fingerprint density at radius 1 is 1.14 bits per heavy atom. The molecule has 1 N–H and O–H groups in total. The van der Waals surface area contributed by atoms with Gasteiger partial charge in [-0.1, -0.05) is 12.1 Å². The molecule has 0 unspecified atom stereocenters. The van der Waals surface area contributed by atoms with Crippen LogP contribution in [0.5, 0.6) is 0 Å². The molecule has 0 aliphatic carbocycles. The smallest absolute Gasteiger partial charge is 0.324 e. The third kappa shape index (κ3) is 3.33. The summed E-state index contributed by atoms with van der Waals surface area (Å²) in [4.78, 5) is 41.4. The number of fused-ring (bicyclic) bond motifs is 1. The third-order valence-corrected chi connectivity index (χ3v) is 4.92. The third-order valence-electron chi connectivity index (χ3n) is 4.92. The van der Waals surface area contributed by atoms with E-state index in [2.05, 4.69) is 10.3 Å². The van der Waals surface area contributed by atoms with E-state index in [-0.39, 0.29) is 18.0 Å². The van der Waals surface area contributed by atoms with Crippen LogP contribution in [0.4, 0.5) is 10.1 Å². The summed E-state index contributed by atoms with van der Waals surface area (Å²) in [5, 5.41) is 2.91. The summed E-state index contributed by atoms with van der Waals surface area (Å²) in [5.74, 6) is -0.836. The highest BCUT2D eigenvalue weighted by atomic mass is 19.1. The number of pyridine rings is 1. The summed E-state index contributed by atoms with van der Waals surface area (Å²) < 4.78 is 16.1. The number of benzene rings is 1. The lowest BCUT2D eigenvalue weighted by molar-refractivity contribution is -0.116. The van der Waals surface area contributed by atoms with Crippen molar-refractivity contribution in [3.63, 3.8) is 0 Å². The summed E-state index contributed by atoms with van der Waals surface area (Å²) in [6.07, 6.45) is 0.447. The number of hydrogen-bond donors (Lipinski definition) is 1. The Kier molecular flexibility index (Phi) is 5.13. The van der Waals surface area contributed by atoms with Crippen molar-refractivity contribution in [1.82, 2.24) is 14.1 Å². The van der Waals surface area contributed by atoms with Crippen molar-refractivity contribution in [1.29, 1.82) is 0 Å². The van der Waals surface area contributed by atoms with Gasteiger partial charge >= 0.3 is 5.69 Å². The lowest BCUT2D eigenvalue weighted by Gasteiger charge is -2.15. The zero-order chi connectivity index (χ0) is 20.6. The fourth-order valence-electron chi connectivity index (χ4n) is 3.32. The van der Waals surface area contributed by atoms with Crippen LogP contribution in [0.25, 0.3) is 11.0 Å². The van der Waals surface area contributed by atoms with Crippen molar-refractivity contribution in [3.05, 3.63) is 67.7 Å². The Morgan fingerprint density at radius 3 is 2.50 bits per heavy atom. The van der Waals surface area contributed by atoms with Crippen molar-refractivity contribution in [2.75, 3.05) is 5.32 Å². The van der Waals surface area contributed by atoms with E-state index >= 15 is 0 Å². The molecule has 146 valence electrons. The molecule has 0 aliphatic rings. The molecular formula is C20H21FN4O3. The van der Waals surface area contributed by atoms with Gasteiger partial charge in [0.25, 0.3) is 5.56 Å². The first-order chi connectivity index (χ1) is 13.2. The number of para-hydroxylation sites is 1. The van der Waals surface area contributed by atoms with Crippen LogP contribution in [0, 0.1) is 19.7 Å². The molecule has 2 heterocycles. The molecule has 0 fully saturated rings. The number of rotatable bonds is 4. The number of anilines is 1. The standard InChI is InChI=1S/C20H21FN4O3/c1-11-13(9-10-16(26)23-15-8-6-5-7-14(15)21)12(2)22-18-17(11)19(27)25(4)20(28)24(18)3/h5-8H,9-10H2,1-4H3,(H,23,26). The summed E-state index contributed by atoms with van der Waals surface area (Å²) in [7, 11) is 2.99. The number of carbonyl (C=O) groups excluding carboxylic acids is 1. The molecule has 1 amide bonds. The van der Waals surface area contributed by atoms with Crippen molar-refractivity contribution >= 4 is 22.6 Å². The van der Waals surface area contributed by atoms with Crippen LogP contribution in [0.15, 0.2) is 33.9 Å². The summed E-state index contributed by atoms with van der Waals surface area (Å²) in [6, 6.07) is 5.95. The van der Waals surface area contributed by atoms with Crippen molar-refractivity contribution in [3.8, 4) is 0 Å². The van der Waals surface area contributed by atoms with Crippen molar-refractivity contribution in [2.24, 2.45) is 14.1 Å². The summed E-state index contributed by atoms with van der Waals surface area (Å²) in [5.41, 5.74) is 1.70. The highest BCUT2D eigenvalue weighted by molar-refractivity contribution is 5.91. The van der Waals surface area contributed by atoms with Gasteiger partial charge in [-0.15, -0.1) is 0 Å². The normalized spacial score (nSPS) is 11.0. The predicted molar refractivity (Wildman–Crippen MR) is 105 cm³/mol. The summed E-state index contributed by atoms with van der Waals surface area (Å²) >= 11 is 0. The second-order valence-electron chi connectivity index (χ2n) is 6.73. The van der Waals surface area contributed by atoms with Crippen LogP contribution in [0.1, 0.15) is 23.2 Å². The van der Waals surface area contributed by atoms with Gasteiger partial charge in [-0.25, -0.2) is 14.2 Å². The lowest BCUT2D eigenvalue weighted by atomic mass is 10.00. The van der Waals surface area contributed by atoms with Gasteiger partial charge in [0.2, 0.25) is 5.91 Å². The van der Waals surface area contributed by atoms with Gasteiger partial charge in [-0.05, 0) is 43.5 Å². The highest BCUT2D eigenvalue weighted by Gasteiger charge is 2.17. The number of nitrogens with one attached hydrogen (secondary N) is 1. The first-order valence-corrected chi connectivity index (χ1v) is 8.82. The molecule has 0 spiro atoms. The average molecular weight is 384 g/mol. The van der Waals surface area contributed by atoms with E-state index in [0.29, 0.717) is 28.7 Å². The molecule has 0 saturated carbocycles. The van der Waals surface area contributed by atoms with Crippen LogP contribution in [0.2, 0.25) is 0 Å². The molecule has 7 nitrogen and oxygen atoms in total. The van der Waals surface area contributed by atoms with Crippen molar-refractivity contribution in [2.45, 2.75) is 26.7 Å². The number of hydrogen-bond acceptors (Lipinski definition) is 4. The van der Waals surface area contributed by atoms with Crippen LogP contribution in [-0.4, -0.2) is 20.0 Å². The van der Waals surface area contributed by atoms with Gasteiger partial charge < -0.3 is 5.32 Å². The lowest BCUT2D eigenvalue weighted by Crippen LogP contribution is -2.38. The maximum Gasteiger partial charge on any atom is 0.332 e. The molecule has 28 heavy (non-hydrogen) atoms. The molecule has 0 radical (unpaired) electrons. The molecule has 0 saturated heterocycles. The van der Waals surface area contributed by atoms with Crippen molar-refractivity contribution < 1.29 is 9.18 Å². The Labute approximate surface area is 160 Å². The number of carbonyl (C=O) groups is 1. The molecular weight excluding hydrogens is 363 g/mol. The van der Waals surface area contributed by atoms with Gasteiger partial charge in [-0.2, -0.15) is 0 Å². The van der Waals surface area contributed by atoms with E-state index < -0.39 is 17.1 Å². The zero-order valence-corrected chi connectivity index (χ0v) is 16.2. The quantitative estimate of drug-likeness (QED) is 0.745. The monoisotopic (exact) mass is 384 g/mol. The van der Waals surface area contributed by atoms with E-state index in [0.717, 1.165) is 10.1 Å². The maximum atomic E-state index is 13.7. The minimum absolute atomic E-state index is 0.106. The molecule has 8 heteroatoms. The Hall–Kier alpha value is -3.29. The Balaban J connectivity index is 1.94. The molecule has 1 aromatic carbocycles. The topological polar surface area (TPSA) is 86.0 Å². The molecule has 3 aromatic rings. The zero-order valence-electron chi connectivity index (χ0n) is 16.2. The van der Waals surface area contributed by atoms with Gasteiger partial charge in [0, 0.05) is 26.2 Å². The van der Waals surface area contributed by atoms with E-state index in [1.54, 1.807) is 33.0 Å². The van der Waals surface area contributed by atoms with Gasteiger partial charge in [0.1, 0.15) is 11.5 Å². The molecule has 3 rings (SSSR count). The first kappa shape index (κ1) is 19.5. The SMILES string of the molecule is Cc1nc2c(c(C)c1CCC(=O)Nc1ccccc1F)c(=O)n(C)c(=O)n2C. The highest BCUT2D eigenvalue weighted by Crippen LogP contribution is 2.21. The number of aromatic nitrogens is 3. The first-order valence-electron chi connectivity index (χ1n) is 8.82. The molecule has 0 atom stereocenters. The number of aryl methyl sites for hydroxylation is 3. The maximum absolute atomic E-state index is 13.7. The van der Waals surface area contributed by atoms with Gasteiger partial charge in [0.05, 0.1) is 11.1 Å². The minimum Gasteiger partial charge on any atom is -0.324 e. The largest absolute Gasteiger partial charge is 0.332 e. The van der Waals surface area contributed by atoms with Crippen LogP contribution < -0.4 is 16.6 Å². The van der Waals surface area contributed by atoms with E-state index in [4.69, 9.17) is 0 Å². The summed E-state index contributed by atoms with van der Waals surface area (Å²) in [6.45, 7) is 3.56. The number of amides is 1. The second kappa shape index (κ2) is 7.38. The fourth-order valence-corrected chi connectivity index (χ4v) is 3.32. The van der Waals surface area contributed by atoms with Gasteiger partial charge in [-0.3, -0.25) is 18.7 Å². The Bertz CT molecular complexity index is 1210. The second-order valence-corrected chi connectivity index (χ2v) is 6.73. The predicted octanol–water partition coefficient (Wildman–Crippen LogP) is 1.96. The van der Waals surface area contributed by atoms with Gasteiger partial charge in [0.15, 0.2) is 0 Å². The number of nitrogens with zero attached hydrogens (tertiary/aromatic N) is 3. The van der Waals surface area contributed by atoms with E-state index in [1.807, 2.05) is 0 Å². The van der Waals surface area contributed by atoms with E-state index in [9.17, 15) is 18.8 Å². The molecule has 2 aromatic heterocycles. The van der Waals surface area contributed by atoms with Crippen LogP contribution >= 0.6 is 0 Å². The van der Waals surface area contributed by atoms with Crippen LogP contribution in [0.3, 0.4) is 0 Å². The molecule has 0 bridgehead atoms. The Morgan fingerprint density at radius 2 is 1.82 bits per heavy atom. The van der Waals surface area contributed by atoms with E-state index in [1.165, 1.54) is 23.7 Å². The van der Waals surface area contributed by atoms with Crippen LogP contribution in [-0.2, 0) is 25.3 Å². The molecule has 0 aliphatic heterocycles. The minimum atomic E-state index is -0.500. The average Bonchev–Trinajstić information content (AvgIpc) is 2.66.